The molecule has 2 aliphatic carbocycles. The Morgan fingerprint density at radius 2 is 1.90 bits per heavy atom. The van der Waals surface area contributed by atoms with E-state index in [1.165, 1.54) is 38.5 Å². The van der Waals surface area contributed by atoms with Crippen LogP contribution < -0.4 is 0 Å². The van der Waals surface area contributed by atoms with E-state index >= 15 is 0 Å². The van der Waals surface area contributed by atoms with Crippen molar-refractivity contribution in [3.8, 4) is 0 Å². The molecule has 21 heavy (non-hydrogen) atoms. The van der Waals surface area contributed by atoms with Crippen molar-refractivity contribution in [2.24, 2.45) is 11.3 Å². The van der Waals surface area contributed by atoms with E-state index < -0.39 is 5.60 Å². The zero-order valence-corrected chi connectivity index (χ0v) is 13.8. The topological polar surface area (TPSA) is 38.7 Å². The SMILES string of the molecule is CC(C)(O)CCC[C@@H]1CC[C@]2(CCCC3(C2)OCCO3)C1. The molecule has 1 aliphatic heterocycles. The number of hydrogen-bond acceptors (Lipinski definition) is 3. The van der Waals surface area contributed by atoms with E-state index in [-0.39, 0.29) is 5.79 Å². The molecule has 1 saturated heterocycles. The van der Waals surface area contributed by atoms with Crippen molar-refractivity contribution >= 4 is 0 Å². The normalized spacial score (nSPS) is 35.9. The average molecular weight is 296 g/mol. The Hall–Kier alpha value is -0.120. The molecule has 1 N–H and O–H groups in total. The fourth-order valence-corrected chi connectivity index (χ4v) is 5.01. The van der Waals surface area contributed by atoms with Crippen molar-refractivity contribution < 1.29 is 14.6 Å². The highest BCUT2D eigenvalue weighted by molar-refractivity contribution is 4.97. The monoisotopic (exact) mass is 296 g/mol. The Morgan fingerprint density at radius 1 is 1.14 bits per heavy atom. The summed E-state index contributed by atoms with van der Waals surface area (Å²) in [7, 11) is 0. The van der Waals surface area contributed by atoms with Crippen molar-refractivity contribution in [3.63, 3.8) is 0 Å². The molecule has 3 aliphatic rings. The Bertz CT molecular complexity index is 354. The minimum Gasteiger partial charge on any atom is -0.390 e. The third kappa shape index (κ3) is 3.80. The first-order chi connectivity index (χ1) is 9.91. The van der Waals surface area contributed by atoms with E-state index in [0.29, 0.717) is 5.41 Å². The van der Waals surface area contributed by atoms with Gasteiger partial charge < -0.3 is 14.6 Å². The highest BCUT2D eigenvalue weighted by atomic mass is 16.7. The number of ether oxygens (including phenoxy) is 2. The molecular weight excluding hydrogens is 264 g/mol. The van der Waals surface area contributed by atoms with E-state index in [9.17, 15) is 5.11 Å². The van der Waals surface area contributed by atoms with Crippen LogP contribution in [0.4, 0.5) is 0 Å². The Morgan fingerprint density at radius 3 is 2.62 bits per heavy atom. The van der Waals surface area contributed by atoms with Gasteiger partial charge in [0.05, 0.1) is 18.8 Å². The second-order valence-corrected chi connectivity index (χ2v) is 8.45. The van der Waals surface area contributed by atoms with Gasteiger partial charge in [-0.3, -0.25) is 0 Å². The van der Waals surface area contributed by atoms with Crippen LogP contribution in [0.5, 0.6) is 0 Å². The van der Waals surface area contributed by atoms with E-state index in [1.807, 2.05) is 13.8 Å². The molecule has 3 fully saturated rings. The van der Waals surface area contributed by atoms with Crippen LogP contribution in [-0.2, 0) is 9.47 Å². The summed E-state index contributed by atoms with van der Waals surface area (Å²) in [5.41, 5.74) is -0.0152. The van der Waals surface area contributed by atoms with Crippen molar-refractivity contribution in [1.29, 1.82) is 0 Å². The minimum atomic E-state index is -0.503. The molecule has 2 atom stereocenters. The van der Waals surface area contributed by atoms with E-state index in [4.69, 9.17) is 9.47 Å². The molecule has 2 spiro atoms. The zero-order chi connectivity index (χ0) is 15.0. The molecule has 0 aromatic heterocycles. The summed E-state index contributed by atoms with van der Waals surface area (Å²) in [5.74, 6) is 0.629. The maximum absolute atomic E-state index is 9.84. The fraction of sp³-hybridized carbons (Fsp3) is 1.00. The van der Waals surface area contributed by atoms with Crippen molar-refractivity contribution in [1.82, 2.24) is 0 Å². The predicted molar refractivity (Wildman–Crippen MR) is 83.0 cm³/mol. The van der Waals surface area contributed by atoms with Gasteiger partial charge in [0.1, 0.15) is 0 Å². The minimum absolute atomic E-state index is 0.222. The summed E-state index contributed by atoms with van der Waals surface area (Å²) < 4.78 is 11.9. The first kappa shape index (κ1) is 15.8. The first-order valence-electron chi connectivity index (χ1n) is 8.91. The lowest BCUT2D eigenvalue weighted by molar-refractivity contribution is -0.201. The van der Waals surface area contributed by atoms with E-state index in [0.717, 1.165) is 44.8 Å². The highest BCUT2D eigenvalue weighted by Gasteiger charge is 2.50. The van der Waals surface area contributed by atoms with Gasteiger partial charge >= 0.3 is 0 Å². The molecule has 0 aromatic carbocycles. The van der Waals surface area contributed by atoms with Gasteiger partial charge in [0.25, 0.3) is 0 Å². The van der Waals surface area contributed by atoms with Crippen LogP contribution in [-0.4, -0.2) is 29.7 Å². The van der Waals surface area contributed by atoms with Crippen LogP contribution in [0.3, 0.4) is 0 Å². The average Bonchev–Trinajstić information content (AvgIpc) is 2.97. The smallest absolute Gasteiger partial charge is 0.169 e. The Kier molecular flexibility index (Phi) is 4.37. The summed E-state index contributed by atoms with van der Waals surface area (Å²) in [6.45, 7) is 5.40. The molecule has 0 unspecified atom stereocenters. The second-order valence-electron chi connectivity index (χ2n) is 8.45. The van der Waals surface area contributed by atoms with E-state index in [2.05, 4.69) is 0 Å². The molecule has 122 valence electrons. The summed E-state index contributed by atoms with van der Waals surface area (Å²) >= 11 is 0. The molecule has 0 aromatic rings. The number of aliphatic hydroxyl groups is 1. The third-order valence-corrected chi connectivity index (χ3v) is 5.93. The molecule has 3 rings (SSSR count). The van der Waals surface area contributed by atoms with Crippen LogP contribution >= 0.6 is 0 Å². The van der Waals surface area contributed by atoms with Crippen molar-refractivity contribution in [2.75, 3.05) is 13.2 Å². The standard InChI is InChI=1S/C18H32O3/c1-16(2,19)7-3-5-15-6-10-17(13-15)8-4-9-18(14-17)20-11-12-21-18/h15,19H,3-14H2,1-2H3/t15-,17-/m1/s1. The molecule has 1 heterocycles. The maximum Gasteiger partial charge on any atom is 0.169 e. The fourth-order valence-electron chi connectivity index (χ4n) is 5.01. The van der Waals surface area contributed by atoms with Gasteiger partial charge in [-0.05, 0) is 63.7 Å². The Labute approximate surface area is 129 Å². The van der Waals surface area contributed by atoms with Crippen LogP contribution in [0, 0.1) is 11.3 Å². The molecule has 0 bridgehead atoms. The summed E-state index contributed by atoms with van der Waals surface area (Å²) in [6.07, 6.45) is 12.3. The quantitative estimate of drug-likeness (QED) is 0.851. The van der Waals surface area contributed by atoms with Crippen molar-refractivity contribution in [2.45, 2.75) is 89.4 Å². The van der Waals surface area contributed by atoms with Gasteiger partial charge in [-0.15, -0.1) is 0 Å². The third-order valence-electron chi connectivity index (χ3n) is 5.93. The second kappa shape index (κ2) is 5.82. The highest BCUT2D eigenvalue weighted by Crippen LogP contribution is 2.56. The zero-order valence-electron chi connectivity index (χ0n) is 13.8. The molecule has 0 radical (unpaired) electrons. The molecule has 3 heteroatoms. The van der Waals surface area contributed by atoms with Gasteiger partial charge in [0.15, 0.2) is 5.79 Å². The first-order valence-corrected chi connectivity index (χ1v) is 8.91. The van der Waals surface area contributed by atoms with Crippen LogP contribution in [0.2, 0.25) is 0 Å². The molecular formula is C18H32O3. The van der Waals surface area contributed by atoms with Crippen LogP contribution in [0.15, 0.2) is 0 Å². The van der Waals surface area contributed by atoms with Gasteiger partial charge in [0.2, 0.25) is 0 Å². The van der Waals surface area contributed by atoms with E-state index in [1.54, 1.807) is 0 Å². The van der Waals surface area contributed by atoms with Crippen LogP contribution in [0.25, 0.3) is 0 Å². The Balaban J connectivity index is 1.51. The molecule has 0 amide bonds. The molecule has 2 saturated carbocycles. The van der Waals surface area contributed by atoms with Gasteiger partial charge in [-0.2, -0.15) is 0 Å². The summed E-state index contributed by atoms with van der Waals surface area (Å²) in [4.78, 5) is 0. The van der Waals surface area contributed by atoms with Gasteiger partial charge in [-0.25, -0.2) is 0 Å². The van der Waals surface area contributed by atoms with Crippen LogP contribution in [0.1, 0.15) is 78.1 Å². The lowest BCUT2D eigenvalue weighted by atomic mass is 9.69. The number of hydrogen-bond donors (Lipinski definition) is 1. The predicted octanol–water partition coefficient (Wildman–Crippen LogP) is 4.03. The number of rotatable bonds is 4. The maximum atomic E-state index is 9.84. The summed E-state index contributed by atoms with van der Waals surface area (Å²) in [6, 6.07) is 0. The molecule has 3 nitrogen and oxygen atoms in total. The van der Waals surface area contributed by atoms with Crippen molar-refractivity contribution in [3.05, 3.63) is 0 Å². The van der Waals surface area contributed by atoms with Gasteiger partial charge in [0, 0.05) is 12.8 Å². The largest absolute Gasteiger partial charge is 0.390 e. The lowest BCUT2D eigenvalue weighted by Crippen LogP contribution is -2.41. The summed E-state index contributed by atoms with van der Waals surface area (Å²) in [5, 5.41) is 9.84. The van der Waals surface area contributed by atoms with Gasteiger partial charge in [-0.1, -0.05) is 12.8 Å². The lowest BCUT2D eigenvalue weighted by Gasteiger charge is -2.43.